The van der Waals surface area contributed by atoms with Crippen LogP contribution in [0, 0.1) is 0 Å². The van der Waals surface area contributed by atoms with Crippen LogP contribution in [-0.2, 0) is 0 Å². The summed E-state index contributed by atoms with van der Waals surface area (Å²) in [6.45, 7) is 0. The molecule has 2 nitrogen and oxygen atoms in total. The van der Waals surface area contributed by atoms with Crippen molar-refractivity contribution in [3.63, 3.8) is 0 Å². The maximum atomic E-state index is 5.22. The molecule has 10 aromatic rings. The molecule has 0 radical (unpaired) electrons. The second-order valence-electron chi connectivity index (χ2n) is 13.4. The van der Waals surface area contributed by atoms with Crippen LogP contribution in [0.5, 0.6) is 0 Å². The van der Waals surface area contributed by atoms with Crippen molar-refractivity contribution < 1.29 is 0 Å². The molecule has 0 atom stereocenters. The summed E-state index contributed by atoms with van der Waals surface area (Å²) in [5.74, 6) is 0.713. The Hall–Kier alpha value is -6.90. The molecule has 0 spiro atoms. The zero-order valence-electron chi connectivity index (χ0n) is 28.4. The molecule has 0 saturated heterocycles. The lowest BCUT2D eigenvalue weighted by molar-refractivity contribution is 1.18. The van der Waals surface area contributed by atoms with Gasteiger partial charge in [0.2, 0.25) is 0 Å². The number of rotatable bonds is 5. The summed E-state index contributed by atoms with van der Waals surface area (Å²) >= 11 is 0. The molecule has 0 aliphatic carbocycles. The number of hydrogen-bond donors (Lipinski definition) is 0. The minimum atomic E-state index is 0.713. The molecule has 0 aliphatic rings. The van der Waals surface area contributed by atoms with Crippen LogP contribution in [0.4, 0.5) is 0 Å². The molecule has 0 fully saturated rings. The zero-order valence-corrected chi connectivity index (χ0v) is 28.4. The lowest BCUT2D eigenvalue weighted by atomic mass is 9.84. The van der Waals surface area contributed by atoms with E-state index in [0.29, 0.717) is 5.82 Å². The molecule has 0 aliphatic heterocycles. The summed E-state index contributed by atoms with van der Waals surface area (Å²) in [7, 11) is 0. The third-order valence-electron chi connectivity index (χ3n) is 10.3. The Labute approximate surface area is 302 Å². The van der Waals surface area contributed by atoms with Crippen molar-refractivity contribution in [1.29, 1.82) is 0 Å². The molecule has 0 saturated carbocycles. The summed E-state index contributed by atoms with van der Waals surface area (Å²) in [4.78, 5) is 10.2. The molecule has 1 heterocycles. The monoisotopic (exact) mass is 660 g/mol. The first-order chi connectivity index (χ1) is 25.8. The van der Waals surface area contributed by atoms with Gasteiger partial charge in [-0.25, -0.2) is 9.97 Å². The van der Waals surface area contributed by atoms with Gasteiger partial charge in [0, 0.05) is 22.9 Å². The van der Waals surface area contributed by atoms with Crippen molar-refractivity contribution >= 4 is 43.1 Å². The lowest BCUT2D eigenvalue weighted by Crippen LogP contribution is -1.97. The number of fused-ring (bicyclic) bond motifs is 4. The average Bonchev–Trinajstić information content (AvgIpc) is 3.22. The Bertz CT molecular complexity index is 2950. The minimum absolute atomic E-state index is 0.713. The van der Waals surface area contributed by atoms with Gasteiger partial charge in [0.15, 0.2) is 5.82 Å². The van der Waals surface area contributed by atoms with Gasteiger partial charge in [-0.1, -0.05) is 170 Å². The molecule has 0 amide bonds. The third kappa shape index (κ3) is 5.12. The highest BCUT2D eigenvalue weighted by molar-refractivity contribution is 6.22. The van der Waals surface area contributed by atoms with Crippen LogP contribution in [0.15, 0.2) is 194 Å². The summed E-state index contributed by atoms with van der Waals surface area (Å²) in [5, 5.41) is 9.80. The molecule has 10 rings (SSSR count). The van der Waals surface area contributed by atoms with Gasteiger partial charge in [0.1, 0.15) is 0 Å². The zero-order chi connectivity index (χ0) is 34.4. The molecule has 52 heavy (non-hydrogen) atoms. The number of aromatic nitrogens is 2. The molecule has 0 bridgehead atoms. The summed E-state index contributed by atoms with van der Waals surface area (Å²) in [6, 6.07) is 67.4. The Morgan fingerprint density at radius 3 is 1.40 bits per heavy atom. The van der Waals surface area contributed by atoms with Crippen LogP contribution in [0.2, 0.25) is 0 Å². The van der Waals surface area contributed by atoms with Gasteiger partial charge in [-0.05, 0) is 89.1 Å². The largest absolute Gasteiger partial charge is 0.236 e. The van der Waals surface area contributed by atoms with Crippen LogP contribution >= 0.6 is 0 Å². The fraction of sp³-hybridized carbons (Fsp3) is 0. The quantitative estimate of drug-likeness (QED) is 0.172. The van der Waals surface area contributed by atoms with E-state index in [1.807, 2.05) is 30.5 Å². The van der Waals surface area contributed by atoms with Crippen molar-refractivity contribution in [3.8, 4) is 56.0 Å². The van der Waals surface area contributed by atoms with E-state index in [0.717, 1.165) is 27.9 Å². The summed E-state index contributed by atoms with van der Waals surface area (Å²) in [6.07, 6.45) is 2.00. The molecular formula is C50H32N2. The highest BCUT2D eigenvalue weighted by Crippen LogP contribution is 2.46. The lowest BCUT2D eigenvalue weighted by Gasteiger charge is -2.20. The first-order valence-corrected chi connectivity index (χ1v) is 17.7. The molecule has 9 aromatic carbocycles. The molecular weight excluding hydrogens is 629 g/mol. The van der Waals surface area contributed by atoms with Crippen molar-refractivity contribution in [3.05, 3.63) is 194 Å². The van der Waals surface area contributed by atoms with E-state index in [4.69, 9.17) is 9.97 Å². The van der Waals surface area contributed by atoms with Gasteiger partial charge >= 0.3 is 0 Å². The number of hydrogen-bond acceptors (Lipinski definition) is 2. The van der Waals surface area contributed by atoms with Gasteiger partial charge in [-0.2, -0.15) is 0 Å². The van der Waals surface area contributed by atoms with E-state index in [9.17, 15) is 0 Å². The van der Waals surface area contributed by atoms with Gasteiger partial charge in [-0.15, -0.1) is 0 Å². The second-order valence-corrected chi connectivity index (χ2v) is 13.4. The predicted molar refractivity (Wildman–Crippen MR) is 219 cm³/mol. The normalized spacial score (nSPS) is 11.5. The molecule has 242 valence electrons. The van der Waals surface area contributed by atoms with E-state index in [1.54, 1.807) is 0 Å². The van der Waals surface area contributed by atoms with E-state index in [-0.39, 0.29) is 0 Å². The predicted octanol–water partition coefficient (Wildman–Crippen LogP) is 13.4. The average molecular weight is 661 g/mol. The van der Waals surface area contributed by atoms with Crippen molar-refractivity contribution in [2.75, 3.05) is 0 Å². The van der Waals surface area contributed by atoms with Gasteiger partial charge < -0.3 is 0 Å². The Kier molecular flexibility index (Phi) is 7.18. The SMILES string of the molecule is c1ccc(-c2ncc(-c3ccc4c(-c5ccc6ccccc6c5)c5ccccc5c(-c5ccc6ccccc6c5)c4c3)c(-c3ccccc3)n2)cc1. The maximum absolute atomic E-state index is 5.22. The number of benzene rings is 9. The first kappa shape index (κ1) is 30.0. The Morgan fingerprint density at radius 1 is 0.308 bits per heavy atom. The molecule has 1 aromatic heterocycles. The third-order valence-corrected chi connectivity index (χ3v) is 10.3. The van der Waals surface area contributed by atoms with Crippen LogP contribution in [-0.4, -0.2) is 9.97 Å². The maximum Gasteiger partial charge on any atom is 0.159 e. The van der Waals surface area contributed by atoms with Crippen molar-refractivity contribution in [1.82, 2.24) is 9.97 Å². The van der Waals surface area contributed by atoms with Crippen molar-refractivity contribution in [2.24, 2.45) is 0 Å². The van der Waals surface area contributed by atoms with E-state index < -0.39 is 0 Å². The number of nitrogens with zero attached hydrogens (tertiary/aromatic N) is 2. The molecule has 0 unspecified atom stereocenters. The Morgan fingerprint density at radius 2 is 0.788 bits per heavy atom. The van der Waals surface area contributed by atoms with E-state index >= 15 is 0 Å². The van der Waals surface area contributed by atoms with Crippen LogP contribution in [0.1, 0.15) is 0 Å². The standard InChI is InChI=1S/C50H32N2/c1-3-15-35(16-4-1)49-46(32-51-50(52-49)36-17-5-2-6-18-36)39-27-28-44-45(31-39)48(41-26-24-34-14-8-10-20-38(34)30-41)43-22-12-11-21-42(43)47(44)40-25-23-33-13-7-9-19-37(33)29-40/h1-32H. The second kappa shape index (κ2) is 12.5. The van der Waals surface area contributed by atoms with Crippen molar-refractivity contribution in [2.45, 2.75) is 0 Å². The highest BCUT2D eigenvalue weighted by Gasteiger charge is 2.20. The summed E-state index contributed by atoms with van der Waals surface area (Å²) < 4.78 is 0. The fourth-order valence-electron chi connectivity index (χ4n) is 7.79. The van der Waals surface area contributed by atoms with E-state index in [1.165, 1.54) is 65.3 Å². The van der Waals surface area contributed by atoms with Crippen LogP contribution < -0.4 is 0 Å². The van der Waals surface area contributed by atoms with Crippen LogP contribution in [0.25, 0.3) is 99.1 Å². The highest BCUT2D eigenvalue weighted by atomic mass is 14.9. The fourth-order valence-corrected chi connectivity index (χ4v) is 7.79. The summed E-state index contributed by atoms with van der Waals surface area (Å²) in [5.41, 5.74) is 9.91. The van der Waals surface area contributed by atoms with Gasteiger partial charge in [0.25, 0.3) is 0 Å². The first-order valence-electron chi connectivity index (χ1n) is 17.7. The van der Waals surface area contributed by atoms with Gasteiger partial charge in [-0.3, -0.25) is 0 Å². The Balaban J connectivity index is 1.29. The van der Waals surface area contributed by atoms with Gasteiger partial charge in [0.05, 0.1) is 5.69 Å². The molecule has 2 heteroatoms. The minimum Gasteiger partial charge on any atom is -0.236 e. The van der Waals surface area contributed by atoms with Crippen LogP contribution in [0.3, 0.4) is 0 Å². The van der Waals surface area contributed by atoms with E-state index in [2.05, 4.69) is 164 Å². The topological polar surface area (TPSA) is 25.8 Å². The smallest absolute Gasteiger partial charge is 0.159 e. The molecule has 0 N–H and O–H groups in total.